The summed E-state index contributed by atoms with van der Waals surface area (Å²) >= 11 is 0. The normalized spacial score (nSPS) is 11.9. The van der Waals surface area contributed by atoms with E-state index in [-0.39, 0.29) is 25.5 Å². The minimum absolute atomic E-state index is 0.135. The number of nitrogens with zero attached hydrogens (tertiary/aromatic N) is 2. The Morgan fingerprint density at radius 2 is 1.94 bits per heavy atom. The Hall–Kier alpha value is -2.93. The number of pyridine rings is 1. The summed E-state index contributed by atoms with van der Waals surface area (Å²) in [6, 6.07) is 15.7. The van der Waals surface area contributed by atoms with Crippen LogP contribution in [-0.4, -0.2) is 37.7 Å². The van der Waals surface area contributed by atoms with Crippen LogP contribution in [0.3, 0.4) is 0 Å². The van der Waals surface area contributed by atoms with Gasteiger partial charge in [-0.2, -0.15) is 4.91 Å². The molecule has 0 fully saturated rings. The fourth-order valence-corrected chi connectivity index (χ4v) is 3.95. The SMILES string of the molecule is CO[PH](=O)OCCCNC(=O)Cc1cnc2c(CCN=O)cccc2c1-c1ccccc1. The van der Waals surface area contributed by atoms with Gasteiger partial charge in [0.05, 0.1) is 25.1 Å². The summed E-state index contributed by atoms with van der Waals surface area (Å²) in [7, 11) is -1.11. The minimum atomic E-state index is -2.44. The van der Waals surface area contributed by atoms with Crippen molar-refractivity contribution in [3.63, 3.8) is 0 Å². The van der Waals surface area contributed by atoms with Gasteiger partial charge < -0.3 is 14.4 Å². The van der Waals surface area contributed by atoms with Gasteiger partial charge in [-0.25, -0.2) is 0 Å². The first-order valence-electron chi connectivity index (χ1n) is 10.4. The number of rotatable bonds is 12. The van der Waals surface area contributed by atoms with Crippen LogP contribution in [0.5, 0.6) is 0 Å². The van der Waals surface area contributed by atoms with Gasteiger partial charge in [-0.1, -0.05) is 53.7 Å². The van der Waals surface area contributed by atoms with Crippen LogP contribution in [-0.2, 0) is 31.2 Å². The first kappa shape index (κ1) is 23.7. The molecule has 1 amide bonds. The smallest absolute Gasteiger partial charge is 0.318 e. The standard InChI is InChI=1S/C23H26N3O5P/c1-30-32(29)31-14-6-12-24-21(27)15-19-16-25-23-18(11-13-26-28)9-5-10-20(23)22(19)17-7-3-2-4-8-17/h2-5,7-10,16,32H,6,11-15H2,1H3,(H,24,27). The van der Waals surface area contributed by atoms with E-state index in [1.165, 1.54) is 7.11 Å². The fourth-order valence-electron chi connectivity index (χ4n) is 3.52. The van der Waals surface area contributed by atoms with Crippen molar-refractivity contribution >= 4 is 25.1 Å². The second kappa shape index (κ2) is 12.2. The van der Waals surface area contributed by atoms with Crippen molar-refractivity contribution in [1.29, 1.82) is 0 Å². The molecule has 3 aromatic rings. The van der Waals surface area contributed by atoms with E-state index in [9.17, 15) is 14.3 Å². The highest BCUT2D eigenvalue weighted by atomic mass is 31.1. The lowest BCUT2D eigenvalue weighted by Gasteiger charge is -2.15. The molecular weight excluding hydrogens is 429 g/mol. The lowest BCUT2D eigenvalue weighted by atomic mass is 9.93. The van der Waals surface area contributed by atoms with Crippen molar-refractivity contribution in [2.24, 2.45) is 5.18 Å². The molecule has 0 saturated heterocycles. The molecule has 0 bridgehead atoms. The Kier molecular flexibility index (Phi) is 9.04. The monoisotopic (exact) mass is 455 g/mol. The molecule has 32 heavy (non-hydrogen) atoms. The van der Waals surface area contributed by atoms with E-state index >= 15 is 0 Å². The Bertz CT molecular complexity index is 1090. The maximum absolute atomic E-state index is 12.6. The third kappa shape index (κ3) is 6.29. The average Bonchev–Trinajstić information content (AvgIpc) is 2.82. The summed E-state index contributed by atoms with van der Waals surface area (Å²) in [6.07, 6.45) is 2.94. The Morgan fingerprint density at radius 3 is 2.69 bits per heavy atom. The molecule has 0 spiro atoms. The van der Waals surface area contributed by atoms with Crippen LogP contribution < -0.4 is 5.32 Å². The number of carbonyl (C=O) groups is 1. The highest BCUT2D eigenvalue weighted by molar-refractivity contribution is 7.33. The molecule has 1 aromatic heterocycles. The molecule has 2 aromatic carbocycles. The molecule has 9 heteroatoms. The van der Waals surface area contributed by atoms with E-state index in [1.807, 2.05) is 48.5 Å². The van der Waals surface area contributed by atoms with Gasteiger partial charge in [0.1, 0.15) is 0 Å². The van der Waals surface area contributed by atoms with Crippen molar-refractivity contribution < 1.29 is 18.4 Å². The third-order valence-electron chi connectivity index (χ3n) is 4.98. The summed E-state index contributed by atoms with van der Waals surface area (Å²) in [4.78, 5) is 27.8. The zero-order chi connectivity index (χ0) is 22.8. The van der Waals surface area contributed by atoms with E-state index in [0.29, 0.717) is 19.4 Å². The summed E-state index contributed by atoms with van der Waals surface area (Å²) in [5.41, 5.74) is 4.52. The fraction of sp³-hybridized carbons (Fsp3) is 0.304. The van der Waals surface area contributed by atoms with Crippen LogP contribution in [0.25, 0.3) is 22.0 Å². The molecule has 1 heterocycles. The second-order valence-corrected chi connectivity index (χ2v) is 8.32. The van der Waals surface area contributed by atoms with Crippen molar-refractivity contribution in [2.75, 3.05) is 26.8 Å². The second-order valence-electron chi connectivity index (χ2n) is 7.12. The molecule has 0 aliphatic heterocycles. The minimum Gasteiger partial charge on any atom is -0.356 e. The first-order valence-corrected chi connectivity index (χ1v) is 11.6. The quantitative estimate of drug-likeness (QED) is 0.248. The number of nitrogens with one attached hydrogen (secondary N) is 1. The van der Waals surface area contributed by atoms with Crippen LogP contribution in [0.4, 0.5) is 0 Å². The lowest BCUT2D eigenvalue weighted by Crippen LogP contribution is -2.27. The zero-order valence-electron chi connectivity index (χ0n) is 17.9. The molecule has 0 saturated carbocycles. The van der Waals surface area contributed by atoms with Crippen molar-refractivity contribution in [3.8, 4) is 11.1 Å². The number of aromatic nitrogens is 1. The van der Waals surface area contributed by atoms with Gasteiger partial charge in [-0.05, 0) is 35.1 Å². The Labute approximate surface area is 187 Å². The molecule has 0 aliphatic carbocycles. The molecule has 1 unspecified atom stereocenters. The molecule has 8 nitrogen and oxygen atoms in total. The van der Waals surface area contributed by atoms with Gasteiger partial charge >= 0.3 is 8.25 Å². The van der Waals surface area contributed by atoms with E-state index in [2.05, 4.69) is 20.0 Å². The number of carbonyl (C=O) groups excluding carboxylic acids is 1. The van der Waals surface area contributed by atoms with Gasteiger partial charge in [-0.3, -0.25) is 14.3 Å². The van der Waals surface area contributed by atoms with E-state index in [4.69, 9.17) is 4.52 Å². The maximum atomic E-state index is 12.6. The topological polar surface area (TPSA) is 107 Å². The first-order chi connectivity index (χ1) is 15.6. The van der Waals surface area contributed by atoms with Crippen molar-refractivity contribution in [1.82, 2.24) is 10.3 Å². The lowest BCUT2D eigenvalue weighted by molar-refractivity contribution is -0.120. The number of para-hydroxylation sites is 1. The number of nitroso groups, excluding NO2 is 1. The molecule has 3 rings (SSSR count). The van der Waals surface area contributed by atoms with Gasteiger partial charge in [0.2, 0.25) is 5.91 Å². The van der Waals surface area contributed by atoms with Crippen LogP contribution >= 0.6 is 8.25 Å². The van der Waals surface area contributed by atoms with Gasteiger partial charge in [0.15, 0.2) is 0 Å². The Morgan fingerprint density at radius 1 is 1.12 bits per heavy atom. The predicted molar refractivity (Wildman–Crippen MR) is 125 cm³/mol. The van der Waals surface area contributed by atoms with Crippen LogP contribution in [0.15, 0.2) is 59.9 Å². The zero-order valence-corrected chi connectivity index (χ0v) is 18.9. The number of hydrogen-bond donors (Lipinski definition) is 1. The van der Waals surface area contributed by atoms with Gasteiger partial charge in [-0.15, -0.1) is 0 Å². The number of fused-ring (bicyclic) bond motifs is 1. The third-order valence-corrected chi connectivity index (χ3v) is 5.75. The molecule has 0 radical (unpaired) electrons. The summed E-state index contributed by atoms with van der Waals surface area (Å²) in [5.74, 6) is -0.135. The maximum Gasteiger partial charge on any atom is 0.318 e. The molecular formula is C23H26N3O5P. The number of amides is 1. The number of hydrogen-bond acceptors (Lipinski definition) is 7. The average molecular weight is 455 g/mol. The van der Waals surface area contributed by atoms with E-state index in [0.717, 1.165) is 33.2 Å². The van der Waals surface area contributed by atoms with Gasteiger partial charge in [0, 0.05) is 25.2 Å². The summed E-state index contributed by atoms with van der Waals surface area (Å²) in [5, 5.41) is 6.77. The molecule has 0 aliphatic rings. The van der Waals surface area contributed by atoms with Crippen LogP contribution in [0.1, 0.15) is 17.5 Å². The number of benzene rings is 2. The van der Waals surface area contributed by atoms with Crippen molar-refractivity contribution in [3.05, 3.63) is 70.8 Å². The highest BCUT2D eigenvalue weighted by Gasteiger charge is 2.15. The van der Waals surface area contributed by atoms with Crippen LogP contribution in [0, 0.1) is 4.91 Å². The summed E-state index contributed by atoms with van der Waals surface area (Å²) < 4.78 is 20.7. The molecule has 1 N–H and O–H groups in total. The van der Waals surface area contributed by atoms with E-state index in [1.54, 1.807) is 6.20 Å². The Balaban J connectivity index is 1.82. The van der Waals surface area contributed by atoms with E-state index < -0.39 is 8.25 Å². The molecule has 168 valence electrons. The summed E-state index contributed by atoms with van der Waals surface area (Å²) in [6.45, 7) is 0.841. The van der Waals surface area contributed by atoms with Crippen LogP contribution in [0.2, 0.25) is 0 Å². The molecule has 1 atom stereocenters. The largest absolute Gasteiger partial charge is 0.356 e. The highest BCUT2D eigenvalue weighted by Crippen LogP contribution is 2.33. The predicted octanol–water partition coefficient (Wildman–Crippen LogP) is 4.31. The van der Waals surface area contributed by atoms with Gasteiger partial charge in [0.25, 0.3) is 0 Å². The van der Waals surface area contributed by atoms with Crippen molar-refractivity contribution in [2.45, 2.75) is 19.3 Å².